The number of aliphatic hydroxyl groups excluding tert-OH is 1. The van der Waals surface area contributed by atoms with Crippen molar-refractivity contribution >= 4 is 6.03 Å². The number of amides is 2. The van der Waals surface area contributed by atoms with Crippen LogP contribution in [0.15, 0.2) is 24.3 Å². The van der Waals surface area contributed by atoms with E-state index < -0.39 is 0 Å². The van der Waals surface area contributed by atoms with Crippen molar-refractivity contribution in [3.63, 3.8) is 0 Å². The topological polar surface area (TPSA) is 61.8 Å². The van der Waals surface area contributed by atoms with Crippen molar-refractivity contribution in [1.82, 2.24) is 10.2 Å². The summed E-state index contributed by atoms with van der Waals surface area (Å²) < 4.78 is 5.14. The molecule has 23 heavy (non-hydrogen) atoms. The van der Waals surface area contributed by atoms with E-state index in [2.05, 4.69) is 12.2 Å². The van der Waals surface area contributed by atoms with Crippen LogP contribution in [0.1, 0.15) is 44.2 Å². The Bertz CT molecular complexity index is 510. The molecule has 1 fully saturated rings. The van der Waals surface area contributed by atoms with E-state index in [1.807, 2.05) is 24.3 Å². The van der Waals surface area contributed by atoms with Gasteiger partial charge in [-0.05, 0) is 36.0 Å². The fraction of sp³-hybridized carbons (Fsp3) is 0.611. The molecule has 0 heterocycles. The summed E-state index contributed by atoms with van der Waals surface area (Å²) in [4.78, 5) is 14.0. The summed E-state index contributed by atoms with van der Waals surface area (Å²) in [6.45, 7) is 2.80. The number of benzene rings is 1. The highest BCUT2D eigenvalue weighted by molar-refractivity contribution is 5.74. The second-order valence-corrected chi connectivity index (χ2v) is 6.76. The van der Waals surface area contributed by atoms with Gasteiger partial charge in [0.1, 0.15) is 5.75 Å². The third kappa shape index (κ3) is 4.38. The molecule has 1 unspecified atom stereocenters. The lowest BCUT2D eigenvalue weighted by Crippen LogP contribution is -2.44. The van der Waals surface area contributed by atoms with E-state index in [1.165, 1.54) is 25.7 Å². The summed E-state index contributed by atoms with van der Waals surface area (Å²) in [7, 11) is 3.33. The van der Waals surface area contributed by atoms with Crippen molar-refractivity contribution in [3.8, 4) is 5.75 Å². The molecule has 2 rings (SSSR count). The molecule has 2 amide bonds. The van der Waals surface area contributed by atoms with Gasteiger partial charge in [0, 0.05) is 13.6 Å². The van der Waals surface area contributed by atoms with Crippen molar-refractivity contribution in [3.05, 3.63) is 29.8 Å². The Morgan fingerprint density at radius 1 is 1.35 bits per heavy atom. The first-order chi connectivity index (χ1) is 11.0. The molecular weight excluding hydrogens is 292 g/mol. The van der Waals surface area contributed by atoms with Crippen LogP contribution in [-0.2, 0) is 0 Å². The van der Waals surface area contributed by atoms with Gasteiger partial charge in [-0.25, -0.2) is 4.79 Å². The van der Waals surface area contributed by atoms with E-state index in [4.69, 9.17) is 4.74 Å². The zero-order valence-corrected chi connectivity index (χ0v) is 14.3. The highest BCUT2D eigenvalue weighted by atomic mass is 16.5. The summed E-state index contributed by atoms with van der Waals surface area (Å²) in [6, 6.07) is 6.92. The quantitative estimate of drug-likeness (QED) is 0.847. The van der Waals surface area contributed by atoms with E-state index in [1.54, 1.807) is 19.1 Å². The molecule has 0 radical (unpaired) electrons. The number of aliphatic hydroxyl groups is 1. The summed E-state index contributed by atoms with van der Waals surface area (Å²) in [5, 5.41) is 12.7. The van der Waals surface area contributed by atoms with Crippen molar-refractivity contribution < 1.29 is 14.6 Å². The van der Waals surface area contributed by atoms with E-state index >= 15 is 0 Å². The number of likely N-dealkylation sites (N-methyl/N-ethyl adjacent to an activating group) is 1. The molecule has 0 bridgehead atoms. The third-order valence-corrected chi connectivity index (χ3v) is 4.94. The number of rotatable bonds is 6. The summed E-state index contributed by atoms with van der Waals surface area (Å²) in [5.74, 6) is 0.756. The Balaban J connectivity index is 1.97. The van der Waals surface area contributed by atoms with Crippen LogP contribution >= 0.6 is 0 Å². The molecule has 0 aliphatic heterocycles. The number of nitrogens with zero attached hydrogens (tertiary/aromatic N) is 1. The summed E-state index contributed by atoms with van der Waals surface area (Å²) >= 11 is 0. The number of nitrogens with one attached hydrogen (secondary N) is 1. The number of carbonyl (C=O) groups is 1. The Morgan fingerprint density at radius 3 is 2.48 bits per heavy atom. The molecule has 1 saturated carbocycles. The van der Waals surface area contributed by atoms with E-state index in [0.29, 0.717) is 6.54 Å². The third-order valence-electron chi connectivity index (χ3n) is 4.94. The van der Waals surface area contributed by atoms with Crippen LogP contribution in [0.4, 0.5) is 4.79 Å². The molecule has 1 aliphatic carbocycles. The van der Waals surface area contributed by atoms with Gasteiger partial charge in [-0.15, -0.1) is 0 Å². The van der Waals surface area contributed by atoms with Crippen LogP contribution in [0.3, 0.4) is 0 Å². The normalized spacial score (nSPS) is 17.6. The zero-order valence-electron chi connectivity index (χ0n) is 14.3. The van der Waals surface area contributed by atoms with E-state index in [-0.39, 0.29) is 24.1 Å². The highest BCUT2D eigenvalue weighted by Gasteiger charge is 2.30. The number of ether oxygens (including phenoxy) is 1. The van der Waals surface area contributed by atoms with Crippen LogP contribution in [0.2, 0.25) is 0 Å². The molecule has 5 heteroatoms. The molecule has 1 aromatic carbocycles. The Hall–Kier alpha value is -1.75. The Morgan fingerprint density at radius 2 is 1.96 bits per heavy atom. The fourth-order valence-electron chi connectivity index (χ4n) is 3.24. The maximum absolute atomic E-state index is 12.4. The van der Waals surface area contributed by atoms with Crippen LogP contribution in [-0.4, -0.2) is 43.3 Å². The maximum atomic E-state index is 12.4. The van der Waals surface area contributed by atoms with Crippen molar-refractivity contribution in [2.24, 2.45) is 5.41 Å². The van der Waals surface area contributed by atoms with Crippen molar-refractivity contribution in [1.29, 1.82) is 0 Å². The molecule has 128 valence electrons. The molecule has 0 aromatic heterocycles. The SMILES string of the molecule is COc1ccc(C(CO)N(C)C(=O)NCC2(C)CCCC2)cc1. The van der Waals surface area contributed by atoms with E-state index in [0.717, 1.165) is 11.3 Å². The van der Waals surface area contributed by atoms with Crippen LogP contribution in [0.25, 0.3) is 0 Å². The summed E-state index contributed by atoms with van der Waals surface area (Å²) in [5.41, 5.74) is 1.10. The highest BCUT2D eigenvalue weighted by Crippen LogP contribution is 2.36. The number of urea groups is 1. The lowest BCUT2D eigenvalue weighted by atomic mass is 9.89. The van der Waals surface area contributed by atoms with Gasteiger partial charge in [0.25, 0.3) is 0 Å². The zero-order chi connectivity index (χ0) is 16.9. The lowest BCUT2D eigenvalue weighted by Gasteiger charge is -2.30. The van der Waals surface area contributed by atoms with Crippen LogP contribution in [0.5, 0.6) is 5.75 Å². The molecule has 2 N–H and O–H groups in total. The standard InChI is InChI=1S/C18H28N2O3/c1-18(10-4-5-11-18)13-19-17(22)20(2)16(12-21)14-6-8-15(23-3)9-7-14/h6-9,16,21H,4-5,10-13H2,1-3H3,(H,19,22). The van der Waals surface area contributed by atoms with Crippen LogP contribution in [0, 0.1) is 5.41 Å². The van der Waals surface area contributed by atoms with Crippen molar-refractivity contribution in [2.75, 3.05) is 27.3 Å². The van der Waals surface area contributed by atoms with Gasteiger partial charge in [0.2, 0.25) is 0 Å². The molecule has 1 aromatic rings. The first kappa shape index (κ1) is 17.6. The van der Waals surface area contributed by atoms with Gasteiger partial charge in [-0.3, -0.25) is 0 Å². The first-order valence-electron chi connectivity index (χ1n) is 8.24. The molecule has 0 saturated heterocycles. The Labute approximate surface area is 138 Å². The number of methoxy groups -OCH3 is 1. The first-order valence-corrected chi connectivity index (χ1v) is 8.24. The molecule has 1 atom stereocenters. The largest absolute Gasteiger partial charge is 0.497 e. The minimum atomic E-state index is -0.364. The number of carbonyl (C=O) groups excluding carboxylic acids is 1. The van der Waals surface area contributed by atoms with Crippen molar-refractivity contribution in [2.45, 2.75) is 38.6 Å². The average Bonchev–Trinajstić information content (AvgIpc) is 3.01. The van der Waals surface area contributed by atoms with Gasteiger partial charge in [-0.1, -0.05) is 31.9 Å². The van der Waals surface area contributed by atoms with Gasteiger partial charge in [0.05, 0.1) is 19.8 Å². The molecular formula is C18H28N2O3. The molecule has 1 aliphatic rings. The van der Waals surface area contributed by atoms with E-state index in [9.17, 15) is 9.90 Å². The fourth-order valence-corrected chi connectivity index (χ4v) is 3.24. The monoisotopic (exact) mass is 320 g/mol. The number of hydrogen-bond donors (Lipinski definition) is 2. The molecule has 5 nitrogen and oxygen atoms in total. The predicted molar refractivity (Wildman–Crippen MR) is 90.6 cm³/mol. The lowest BCUT2D eigenvalue weighted by molar-refractivity contribution is 0.146. The molecule has 0 spiro atoms. The second kappa shape index (κ2) is 7.68. The Kier molecular flexibility index (Phi) is 5.88. The summed E-state index contributed by atoms with van der Waals surface area (Å²) in [6.07, 6.45) is 4.82. The maximum Gasteiger partial charge on any atom is 0.317 e. The van der Waals surface area contributed by atoms with Gasteiger partial charge in [-0.2, -0.15) is 0 Å². The van der Waals surface area contributed by atoms with Crippen LogP contribution < -0.4 is 10.1 Å². The van der Waals surface area contributed by atoms with Gasteiger partial charge >= 0.3 is 6.03 Å². The second-order valence-electron chi connectivity index (χ2n) is 6.76. The minimum absolute atomic E-state index is 0.118. The predicted octanol–water partition coefficient (Wildman–Crippen LogP) is 2.95. The smallest absolute Gasteiger partial charge is 0.317 e. The average molecular weight is 320 g/mol. The van der Waals surface area contributed by atoms with Gasteiger partial charge in [0.15, 0.2) is 0 Å². The minimum Gasteiger partial charge on any atom is -0.497 e. The van der Waals surface area contributed by atoms with Gasteiger partial charge < -0.3 is 20.1 Å². The number of hydrogen-bond acceptors (Lipinski definition) is 3.